The summed E-state index contributed by atoms with van der Waals surface area (Å²) in [5.41, 5.74) is 4.88. The first-order valence-corrected chi connectivity index (χ1v) is 13.5. The largest absolute Gasteiger partial charge is 0.492 e. The smallest absolute Gasteiger partial charge is 0.258 e. The summed E-state index contributed by atoms with van der Waals surface area (Å²) in [7, 11) is 0. The van der Waals surface area contributed by atoms with Crippen LogP contribution in [-0.4, -0.2) is 56.8 Å². The Labute approximate surface area is 232 Å². The number of benzene rings is 2. The topological polar surface area (TPSA) is 108 Å². The SMILES string of the molecule is CCN(CC)CCOc1ccc2cc(-c3cc(NC(=O)c4cnn(Cc5ccc(C)cc5)c4)c[nH]c3=O)[nH]c2c1. The van der Waals surface area contributed by atoms with Gasteiger partial charge in [-0.3, -0.25) is 14.3 Å². The van der Waals surface area contributed by atoms with E-state index in [4.69, 9.17) is 4.74 Å². The summed E-state index contributed by atoms with van der Waals surface area (Å²) < 4.78 is 7.67. The number of ether oxygens (including phenoxy) is 1. The molecule has 0 aliphatic rings. The predicted octanol–water partition coefficient (Wildman–Crippen LogP) is 5.05. The minimum absolute atomic E-state index is 0.258. The van der Waals surface area contributed by atoms with Gasteiger partial charge in [0.25, 0.3) is 11.5 Å². The van der Waals surface area contributed by atoms with Gasteiger partial charge in [-0.15, -0.1) is 0 Å². The molecule has 0 atom stereocenters. The Kier molecular flexibility index (Phi) is 8.12. The third-order valence-electron chi connectivity index (χ3n) is 6.98. The van der Waals surface area contributed by atoms with Crippen LogP contribution in [0, 0.1) is 6.92 Å². The fourth-order valence-corrected chi connectivity index (χ4v) is 4.58. The number of pyridine rings is 1. The number of anilines is 1. The zero-order chi connectivity index (χ0) is 28.1. The molecule has 0 bridgehead atoms. The van der Waals surface area contributed by atoms with Gasteiger partial charge in [-0.05, 0) is 49.8 Å². The summed E-state index contributed by atoms with van der Waals surface area (Å²) in [6, 6.07) is 17.6. The van der Waals surface area contributed by atoms with Gasteiger partial charge in [0.15, 0.2) is 0 Å². The molecule has 0 fully saturated rings. The van der Waals surface area contributed by atoms with E-state index in [1.165, 1.54) is 18.0 Å². The van der Waals surface area contributed by atoms with E-state index in [9.17, 15) is 9.59 Å². The maximum Gasteiger partial charge on any atom is 0.258 e. The van der Waals surface area contributed by atoms with Crippen LogP contribution in [-0.2, 0) is 6.54 Å². The lowest BCUT2D eigenvalue weighted by Gasteiger charge is -2.17. The molecule has 2 aromatic carbocycles. The van der Waals surface area contributed by atoms with Gasteiger partial charge in [-0.25, -0.2) is 0 Å². The third-order valence-corrected chi connectivity index (χ3v) is 6.98. The first-order valence-electron chi connectivity index (χ1n) is 13.5. The van der Waals surface area contributed by atoms with E-state index in [0.717, 1.165) is 41.9 Å². The molecule has 0 saturated carbocycles. The number of likely N-dealkylation sites (N-methyl/N-ethyl adjacent to an activating group) is 1. The average Bonchev–Trinajstić information content (AvgIpc) is 3.60. The summed E-state index contributed by atoms with van der Waals surface area (Å²) in [4.78, 5) is 34.0. The summed E-state index contributed by atoms with van der Waals surface area (Å²) in [6.07, 6.45) is 4.74. The van der Waals surface area contributed by atoms with Crippen LogP contribution in [0.4, 0.5) is 5.69 Å². The molecule has 5 rings (SSSR count). The highest BCUT2D eigenvalue weighted by Crippen LogP contribution is 2.26. The number of hydrogen-bond acceptors (Lipinski definition) is 5. The van der Waals surface area contributed by atoms with E-state index in [0.29, 0.717) is 35.7 Å². The van der Waals surface area contributed by atoms with Crippen LogP contribution in [0.2, 0.25) is 0 Å². The molecule has 3 heterocycles. The van der Waals surface area contributed by atoms with Crippen LogP contribution >= 0.6 is 0 Å². The molecule has 5 aromatic rings. The van der Waals surface area contributed by atoms with Crippen molar-refractivity contribution in [3.8, 4) is 17.0 Å². The number of nitrogens with zero attached hydrogens (tertiary/aromatic N) is 3. The number of carbonyl (C=O) groups is 1. The molecule has 1 amide bonds. The number of amides is 1. The lowest BCUT2D eigenvalue weighted by atomic mass is 10.1. The molecule has 0 aliphatic carbocycles. The Morgan fingerprint density at radius 1 is 1.07 bits per heavy atom. The van der Waals surface area contributed by atoms with E-state index >= 15 is 0 Å². The highest BCUT2D eigenvalue weighted by Gasteiger charge is 2.13. The van der Waals surface area contributed by atoms with Gasteiger partial charge in [0.1, 0.15) is 12.4 Å². The highest BCUT2D eigenvalue weighted by molar-refractivity contribution is 6.04. The van der Waals surface area contributed by atoms with Crippen molar-refractivity contribution in [2.24, 2.45) is 0 Å². The summed E-state index contributed by atoms with van der Waals surface area (Å²) >= 11 is 0. The van der Waals surface area contributed by atoms with Crippen molar-refractivity contribution < 1.29 is 9.53 Å². The quantitative estimate of drug-likeness (QED) is 0.218. The average molecular weight is 539 g/mol. The Morgan fingerprint density at radius 2 is 1.88 bits per heavy atom. The van der Waals surface area contributed by atoms with E-state index < -0.39 is 0 Å². The minimum atomic E-state index is -0.309. The Morgan fingerprint density at radius 3 is 2.65 bits per heavy atom. The molecular formula is C31H34N6O3. The second-order valence-corrected chi connectivity index (χ2v) is 9.80. The standard InChI is InChI=1S/C31H34N6O3/c1-4-36(5-2)12-13-40-26-11-10-23-14-29(35-28(23)16-26)27-15-25(18-32-31(27)39)34-30(38)24-17-33-37(20-24)19-22-8-6-21(3)7-9-22/h6-11,14-18,20,35H,4-5,12-13,19H2,1-3H3,(H,32,39)(H,34,38). The fraction of sp³-hybridized carbons (Fsp3) is 0.258. The molecule has 3 aromatic heterocycles. The monoisotopic (exact) mass is 538 g/mol. The molecular weight excluding hydrogens is 504 g/mol. The third kappa shape index (κ3) is 6.32. The Balaban J connectivity index is 1.28. The molecule has 9 nitrogen and oxygen atoms in total. The predicted molar refractivity (Wildman–Crippen MR) is 158 cm³/mol. The van der Waals surface area contributed by atoms with Gasteiger partial charge in [0.05, 0.1) is 35.2 Å². The molecule has 0 aliphatic heterocycles. The van der Waals surface area contributed by atoms with Crippen molar-refractivity contribution >= 4 is 22.5 Å². The zero-order valence-corrected chi connectivity index (χ0v) is 23.0. The van der Waals surface area contributed by atoms with E-state index in [-0.39, 0.29) is 11.5 Å². The summed E-state index contributed by atoms with van der Waals surface area (Å²) in [5, 5.41) is 8.15. The van der Waals surface area contributed by atoms with Crippen molar-refractivity contribution in [3.05, 3.63) is 100 Å². The second kappa shape index (κ2) is 12.0. The van der Waals surface area contributed by atoms with Gasteiger partial charge >= 0.3 is 0 Å². The lowest BCUT2D eigenvalue weighted by molar-refractivity contribution is 0.102. The van der Waals surface area contributed by atoms with Crippen LogP contribution in [0.3, 0.4) is 0 Å². The van der Waals surface area contributed by atoms with Crippen LogP contribution in [0.5, 0.6) is 5.75 Å². The normalized spacial score (nSPS) is 11.3. The lowest BCUT2D eigenvalue weighted by Crippen LogP contribution is -2.27. The number of carbonyl (C=O) groups excluding carboxylic acids is 1. The number of hydrogen-bond donors (Lipinski definition) is 3. The number of aromatic amines is 2. The van der Waals surface area contributed by atoms with Crippen molar-refractivity contribution in [2.45, 2.75) is 27.3 Å². The Hall–Kier alpha value is -4.63. The number of H-pyrrole nitrogens is 2. The minimum Gasteiger partial charge on any atom is -0.492 e. The molecule has 3 N–H and O–H groups in total. The number of nitrogens with one attached hydrogen (secondary N) is 3. The van der Waals surface area contributed by atoms with Crippen LogP contribution < -0.4 is 15.6 Å². The van der Waals surface area contributed by atoms with Gasteiger partial charge in [0.2, 0.25) is 0 Å². The highest BCUT2D eigenvalue weighted by atomic mass is 16.5. The van der Waals surface area contributed by atoms with E-state index in [2.05, 4.69) is 51.3 Å². The number of aryl methyl sites for hydroxylation is 1. The van der Waals surface area contributed by atoms with Crippen LogP contribution in [0.1, 0.15) is 35.3 Å². The maximum absolute atomic E-state index is 12.9. The molecule has 0 unspecified atom stereocenters. The van der Waals surface area contributed by atoms with Crippen molar-refractivity contribution in [2.75, 3.05) is 31.6 Å². The molecule has 0 radical (unpaired) electrons. The second-order valence-electron chi connectivity index (χ2n) is 9.80. The van der Waals surface area contributed by atoms with Gasteiger partial charge in [-0.1, -0.05) is 43.7 Å². The fourth-order valence-electron chi connectivity index (χ4n) is 4.58. The molecule has 0 spiro atoms. The first-order chi connectivity index (χ1) is 19.4. The van der Waals surface area contributed by atoms with Gasteiger partial charge in [-0.2, -0.15) is 5.10 Å². The molecule has 206 valence electrons. The molecule has 9 heteroatoms. The molecule has 40 heavy (non-hydrogen) atoms. The summed E-state index contributed by atoms with van der Waals surface area (Å²) in [6.45, 7) is 10.3. The van der Waals surface area contributed by atoms with Gasteiger partial charge < -0.3 is 24.9 Å². The maximum atomic E-state index is 12.9. The Bertz CT molecular complexity index is 1660. The van der Waals surface area contributed by atoms with Crippen molar-refractivity contribution in [1.29, 1.82) is 0 Å². The number of rotatable bonds is 11. The van der Waals surface area contributed by atoms with Crippen LogP contribution in [0.25, 0.3) is 22.2 Å². The van der Waals surface area contributed by atoms with Crippen LogP contribution in [0.15, 0.2) is 78.0 Å². The van der Waals surface area contributed by atoms with E-state index in [1.807, 2.05) is 43.3 Å². The first kappa shape index (κ1) is 27.0. The zero-order valence-electron chi connectivity index (χ0n) is 23.0. The van der Waals surface area contributed by atoms with Crippen molar-refractivity contribution in [1.82, 2.24) is 24.6 Å². The van der Waals surface area contributed by atoms with Gasteiger partial charge in [0, 0.05) is 35.9 Å². The number of aromatic nitrogens is 4. The summed E-state index contributed by atoms with van der Waals surface area (Å²) in [5.74, 6) is 0.460. The number of fused-ring (bicyclic) bond motifs is 1. The van der Waals surface area contributed by atoms with E-state index in [1.54, 1.807) is 16.9 Å². The van der Waals surface area contributed by atoms with Crippen molar-refractivity contribution in [3.63, 3.8) is 0 Å². The molecule has 0 saturated heterocycles.